The molecule has 0 radical (unpaired) electrons. The summed E-state index contributed by atoms with van der Waals surface area (Å²) in [5.41, 5.74) is 6.48. The highest BCUT2D eigenvalue weighted by atomic mass is 16.4. The van der Waals surface area contributed by atoms with Crippen LogP contribution < -0.4 is 10.6 Å². The Morgan fingerprint density at radius 3 is 2.38 bits per heavy atom. The standard InChI is InChI=1S/C15H23N3O3/c1-15(2,21)10-17-5-7-18(8-6-17)11-3-4-12(14(19)20)13(16)9-11/h3-4,9,21H,5-8,10,16H2,1-2H3,(H,19,20). The van der Waals surface area contributed by atoms with Crippen molar-refractivity contribution in [1.82, 2.24) is 4.90 Å². The van der Waals surface area contributed by atoms with Crippen LogP contribution in [0.4, 0.5) is 11.4 Å². The van der Waals surface area contributed by atoms with Crippen LogP contribution in [0.5, 0.6) is 0 Å². The molecule has 6 nitrogen and oxygen atoms in total. The summed E-state index contributed by atoms with van der Waals surface area (Å²) in [4.78, 5) is 15.4. The first-order valence-corrected chi connectivity index (χ1v) is 7.09. The van der Waals surface area contributed by atoms with Gasteiger partial charge in [-0.15, -0.1) is 0 Å². The van der Waals surface area contributed by atoms with Crippen LogP contribution in [-0.2, 0) is 0 Å². The van der Waals surface area contributed by atoms with Gasteiger partial charge < -0.3 is 20.8 Å². The number of nitrogens with two attached hydrogens (primary N) is 1. The van der Waals surface area contributed by atoms with E-state index in [0.29, 0.717) is 12.2 Å². The highest BCUT2D eigenvalue weighted by Gasteiger charge is 2.23. The zero-order valence-corrected chi connectivity index (χ0v) is 12.5. The molecule has 0 atom stereocenters. The number of piperazine rings is 1. The van der Waals surface area contributed by atoms with Gasteiger partial charge in [0.25, 0.3) is 0 Å². The predicted octanol–water partition coefficient (Wildman–Crippen LogP) is 0.860. The molecule has 0 bridgehead atoms. The number of aromatic carboxylic acids is 1. The van der Waals surface area contributed by atoms with Crippen LogP contribution in [0.25, 0.3) is 0 Å². The van der Waals surface area contributed by atoms with E-state index in [-0.39, 0.29) is 5.56 Å². The van der Waals surface area contributed by atoms with Crippen LogP contribution in [0.2, 0.25) is 0 Å². The molecule has 1 aliphatic rings. The average molecular weight is 293 g/mol. The topological polar surface area (TPSA) is 90.0 Å². The van der Waals surface area contributed by atoms with Gasteiger partial charge in [-0.25, -0.2) is 4.79 Å². The Morgan fingerprint density at radius 2 is 1.90 bits per heavy atom. The fourth-order valence-electron chi connectivity index (χ4n) is 2.65. The van der Waals surface area contributed by atoms with Gasteiger partial charge in [-0.3, -0.25) is 4.90 Å². The van der Waals surface area contributed by atoms with Crippen molar-refractivity contribution in [2.75, 3.05) is 43.4 Å². The second-order valence-corrected chi connectivity index (χ2v) is 6.15. The quantitative estimate of drug-likeness (QED) is 0.713. The summed E-state index contributed by atoms with van der Waals surface area (Å²) < 4.78 is 0. The summed E-state index contributed by atoms with van der Waals surface area (Å²) in [7, 11) is 0. The van der Waals surface area contributed by atoms with E-state index in [1.54, 1.807) is 18.2 Å². The van der Waals surface area contributed by atoms with Crippen LogP contribution >= 0.6 is 0 Å². The Labute approximate surface area is 124 Å². The third-order valence-electron chi connectivity index (χ3n) is 3.61. The van der Waals surface area contributed by atoms with E-state index in [1.165, 1.54) is 0 Å². The van der Waals surface area contributed by atoms with E-state index in [4.69, 9.17) is 10.8 Å². The van der Waals surface area contributed by atoms with Gasteiger partial charge in [-0.1, -0.05) is 0 Å². The lowest BCUT2D eigenvalue weighted by Gasteiger charge is -2.38. The Balaban J connectivity index is 1.99. The maximum atomic E-state index is 11.0. The molecular formula is C15H23N3O3. The first-order chi connectivity index (χ1) is 9.76. The minimum Gasteiger partial charge on any atom is -0.478 e. The number of aliphatic hydroxyl groups is 1. The van der Waals surface area contributed by atoms with Crippen LogP contribution in [-0.4, -0.2) is 59.4 Å². The van der Waals surface area contributed by atoms with Crippen molar-refractivity contribution in [2.24, 2.45) is 0 Å². The summed E-state index contributed by atoms with van der Waals surface area (Å²) in [5.74, 6) is -1.01. The van der Waals surface area contributed by atoms with Crippen molar-refractivity contribution in [3.8, 4) is 0 Å². The molecule has 1 aromatic rings. The Morgan fingerprint density at radius 1 is 1.29 bits per heavy atom. The minimum atomic E-state index is -1.01. The third kappa shape index (κ3) is 4.09. The second-order valence-electron chi connectivity index (χ2n) is 6.15. The number of carbonyl (C=O) groups is 1. The molecule has 2 rings (SSSR count). The molecule has 1 saturated heterocycles. The van der Waals surface area contributed by atoms with Crippen molar-refractivity contribution in [1.29, 1.82) is 0 Å². The normalized spacial score (nSPS) is 17.0. The molecule has 0 unspecified atom stereocenters. The van der Waals surface area contributed by atoms with E-state index >= 15 is 0 Å². The van der Waals surface area contributed by atoms with Crippen LogP contribution in [0, 0.1) is 0 Å². The highest BCUT2D eigenvalue weighted by molar-refractivity contribution is 5.94. The number of rotatable bonds is 4. The smallest absolute Gasteiger partial charge is 0.337 e. The number of β-amino-alcohol motifs (C(OH)–C–C–N with tert-alkyl or cyclic N) is 1. The molecular weight excluding hydrogens is 270 g/mol. The zero-order valence-electron chi connectivity index (χ0n) is 12.5. The molecule has 116 valence electrons. The number of benzene rings is 1. The van der Waals surface area contributed by atoms with Gasteiger partial charge >= 0.3 is 5.97 Å². The van der Waals surface area contributed by atoms with Crippen molar-refractivity contribution < 1.29 is 15.0 Å². The van der Waals surface area contributed by atoms with E-state index in [2.05, 4.69) is 9.80 Å². The molecule has 1 aromatic carbocycles. The van der Waals surface area contributed by atoms with Gasteiger partial charge in [0, 0.05) is 44.1 Å². The molecule has 1 aliphatic heterocycles. The largest absolute Gasteiger partial charge is 0.478 e. The number of hydrogen-bond acceptors (Lipinski definition) is 5. The van der Waals surface area contributed by atoms with Crippen LogP contribution in [0.15, 0.2) is 18.2 Å². The number of carboxylic acids is 1. The van der Waals surface area contributed by atoms with Crippen molar-refractivity contribution in [2.45, 2.75) is 19.4 Å². The maximum absolute atomic E-state index is 11.0. The summed E-state index contributed by atoms with van der Waals surface area (Å²) in [6.45, 7) is 7.68. The molecule has 0 saturated carbocycles. The molecule has 1 heterocycles. The summed E-state index contributed by atoms with van der Waals surface area (Å²) in [5, 5.41) is 18.8. The molecule has 6 heteroatoms. The molecule has 0 amide bonds. The molecule has 0 spiro atoms. The number of carboxylic acid groups (broad SMARTS) is 1. The molecule has 21 heavy (non-hydrogen) atoms. The Bertz CT molecular complexity index is 517. The van der Waals surface area contributed by atoms with Crippen LogP contribution in [0.1, 0.15) is 24.2 Å². The lowest BCUT2D eigenvalue weighted by Crippen LogP contribution is -2.50. The van der Waals surface area contributed by atoms with E-state index in [9.17, 15) is 9.90 Å². The summed E-state index contributed by atoms with van der Waals surface area (Å²) in [6.07, 6.45) is 0. The summed E-state index contributed by atoms with van der Waals surface area (Å²) in [6, 6.07) is 5.07. The lowest BCUT2D eigenvalue weighted by molar-refractivity contribution is 0.0345. The van der Waals surface area contributed by atoms with Crippen molar-refractivity contribution in [3.63, 3.8) is 0 Å². The maximum Gasteiger partial charge on any atom is 0.337 e. The first-order valence-electron chi connectivity index (χ1n) is 7.09. The summed E-state index contributed by atoms with van der Waals surface area (Å²) >= 11 is 0. The fraction of sp³-hybridized carbons (Fsp3) is 0.533. The van der Waals surface area contributed by atoms with Gasteiger partial charge in [0.05, 0.1) is 11.2 Å². The average Bonchev–Trinajstić information content (AvgIpc) is 2.37. The Hall–Kier alpha value is -1.79. The van der Waals surface area contributed by atoms with Crippen LogP contribution in [0.3, 0.4) is 0 Å². The van der Waals surface area contributed by atoms with Gasteiger partial charge in [-0.05, 0) is 32.0 Å². The molecule has 0 aromatic heterocycles. The first kappa shape index (κ1) is 15.6. The monoisotopic (exact) mass is 293 g/mol. The Kier molecular flexibility index (Phi) is 4.39. The van der Waals surface area contributed by atoms with Gasteiger partial charge in [-0.2, -0.15) is 0 Å². The minimum absolute atomic E-state index is 0.138. The van der Waals surface area contributed by atoms with E-state index in [1.807, 2.05) is 13.8 Å². The zero-order chi connectivity index (χ0) is 15.6. The molecule has 1 fully saturated rings. The van der Waals surface area contributed by atoms with Gasteiger partial charge in [0.1, 0.15) is 0 Å². The highest BCUT2D eigenvalue weighted by Crippen LogP contribution is 2.23. The van der Waals surface area contributed by atoms with Crippen molar-refractivity contribution >= 4 is 17.3 Å². The van der Waals surface area contributed by atoms with Gasteiger partial charge in [0.2, 0.25) is 0 Å². The van der Waals surface area contributed by atoms with E-state index < -0.39 is 11.6 Å². The van der Waals surface area contributed by atoms with E-state index in [0.717, 1.165) is 31.9 Å². The van der Waals surface area contributed by atoms with Crippen molar-refractivity contribution in [3.05, 3.63) is 23.8 Å². The lowest BCUT2D eigenvalue weighted by atomic mass is 10.1. The SMILES string of the molecule is CC(C)(O)CN1CCN(c2ccc(C(=O)O)c(N)c2)CC1. The molecule has 4 N–H and O–H groups in total. The second kappa shape index (κ2) is 5.91. The third-order valence-corrected chi connectivity index (χ3v) is 3.61. The number of nitrogen functional groups attached to an aromatic ring is 1. The molecule has 0 aliphatic carbocycles. The van der Waals surface area contributed by atoms with Gasteiger partial charge in [0.15, 0.2) is 0 Å². The predicted molar refractivity (Wildman–Crippen MR) is 82.8 cm³/mol. The fourth-order valence-corrected chi connectivity index (χ4v) is 2.65. The number of nitrogens with zero attached hydrogens (tertiary/aromatic N) is 2. The number of hydrogen-bond donors (Lipinski definition) is 3. The number of anilines is 2.